The Morgan fingerprint density at radius 2 is 2.38 bits per heavy atom. The maximum Gasteiger partial charge on any atom is 0.227 e. The monoisotopic (exact) mass is 226 g/mol. The summed E-state index contributed by atoms with van der Waals surface area (Å²) in [6.45, 7) is 5.39. The minimum Gasteiger partial charge on any atom is -0.377 e. The zero-order valence-electron chi connectivity index (χ0n) is 10.1. The Morgan fingerprint density at radius 3 is 2.88 bits per heavy atom. The summed E-state index contributed by atoms with van der Waals surface area (Å²) < 4.78 is 5.09. The van der Waals surface area contributed by atoms with Gasteiger partial charge in [0.15, 0.2) is 0 Å². The Kier molecular flexibility index (Phi) is 3.82. The second-order valence-corrected chi connectivity index (χ2v) is 5.02. The molecule has 0 bridgehead atoms. The number of amides is 1. The van der Waals surface area contributed by atoms with Crippen LogP contribution in [-0.2, 0) is 9.53 Å². The highest BCUT2D eigenvalue weighted by atomic mass is 16.5. The van der Waals surface area contributed by atoms with Crippen LogP contribution in [0.5, 0.6) is 0 Å². The van der Waals surface area contributed by atoms with Crippen LogP contribution in [-0.4, -0.2) is 38.3 Å². The minimum absolute atomic E-state index is 0.164. The quantitative estimate of drug-likeness (QED) is 0.741. The molecule has 1 amide bonds. The number of carbonyl (C=O) groups excluding carboxylic acids is 1. The smallest absolute Gasteiger partial charge is 0.227 e. The van der Waals surface area contributed by atoms with Crippen molar-refractivity contribution in [1.82, 2.24) is 10.6 Å². The largest absolute Gasteiger partial charge is 0.377 e. The van der Waals surface area contributed by atoms with Crippen LogP contribution < -0.4 is 10.6 Å². The van der Waals surface area contributed by atoms with Crippen molar-refractivity contribution in [2.45, 2.75) is 38.6 Å². The van der Waals surface area contributed by atoms with Crippen molar-refractivity contribution < 1.29 is 9.53 Å². The lowest BCUT2D eigenvalue weighted by Gasteiger charge is -2.38. The molecule has 0 aliphatic carbocycles. The number of piperidine rings is 1. The van der Waals surface area contributed by atoms with Crippen molar-refractivity contribution in [2.24, 2.45) is 5.41 Å². The average Bonchev–Trinajstić information content (AvgIpc) is 2.25. The zero-order valence-corrected chi connectivity index (χ0v) is 10.1. The predicted molar refractivity (Wildman–Crippen MR) is 62.2 cm³/mol. The summed E-state index contributed by atoms with van der Waals surface area (Å²) >= 11 is 0. The summed E-state index contributed by atoms with van der Waals surface area (Å²) in [6, 6.07) is 0.253. The van der Waals surface area contributed by atoms with E-state index < -0.39 is 0 Å². The molecule has 2 fully saturated rings. The van der Waals surface area contributed by atoms with Crippen molar-refractivity contribution in [3.63, 3.8) is 0 Å². The van der Waals surface area contributed by atoms with Crippen LogP contribution in [0.1, 0.15) is 32.6 Å². The summed E-state index contributed by atoms with van der Waals surface area (Å²) in [5.41, 5.74) is -0.164. The first-order valence-electron chi connectivity index (χ1n) is 6.36. The minimum atomic E-state index is -0.164. The second-order valence-electron chi connectivity index (χ2n) is 5.02. The molecule has 1 unspecified atom stereocenters. The molecule has 0 aromatic rings. The van der Waals surface area contributed by atoms with Crippen molar-refractivity contribution in [3.05, 3.63) is 0 Å². The fourth-order valence-electron chi connectivity index (χ4n) is 2.62. The molecule has 2 aliphatic heterocycles. The molecule has 2 heterocycles. The van der Waals surface area contributed by atoms with Crippen molar-refractivity contribution >= 4 is 5.91 Å². The van der Waals surface area contributed by atoms with Crippen LogP contribution in [0.25, 0.3) is 0 Å². The van der Waals surface area contributed by atoms with Gasteiger partial charge >= 0.3 is 0 Å². The normalized spacial score (nSPS) is 30.8. The van der Waals surface area contributed by atoms with Crippen molar-refractivity contribution in [2.75, 3.05) is 26.3 Å². The van der Waals surface area contributed by atoms with E-state index >= 15 is 0 Å². The lowest BCUT2D eigenvalue weighted by Crippen LogP contribution is -2.57. The topological polar surface area (TPSA) is 50.4 Å². The first-order valence-corrected chi connectivity index (χ1v) is 6.36. The van der Waals surface area contributed by atoms with Gasteiger partial charge in [0, 0.05) is 6.54 Å². The third-order valence-electron chi connectivity index (χ3n) is 3.66. The molecule has 0 radical (unpaired) electrons. The van der Waals surface area contributed by atoms with Crippen molar-refractivity contribution in [3.8, 4) is 0 Å². The van der Waals surface area contributed by atoms with Gasteiger partial charge in [-0.3, -0.25) is 4.79 Å². The van der Waals surface area contributed by atoms with Gasteiger partial charge in [0.2, 0.25) is 5.91 Å². The summed E-state index contributed by atoms with van der Waals surface area (Å²) in [7, 11) is 0. The van der Waals surface area contributed by atoms with Gasteiger partial charge < -0.3 is 15.4 Å². The molecule has 0 aromatic heterocycles. The highest BCUT2D eigenvalue weighted by Gasteiger charge is 2.40. The lowest BCUT2D eigenvalue weighted by atomic mass is 9.76. The molecular formula is C12H22N2O2. The molecule has 4 heteroatoms. The molecule has 0 spiro atoms. The maximum atomic E-state index is 12.3. The number of hydrogen-bond donors (Lipinski definition) is 2. The van der Waals surface area contributed by atoms with Crippen molar-refractivity contribution in [1.29, 1.82) is 0 Å². The van der Waals surface area contributed by atoms with E-state index in [1.165, 1.54) is 0 Å². The molecule has 92 valence electrons. The fourth-order valence-corrected chi connectivity index (χ4v) is 2.62. The van der Waals surface area contributed by atoms with Gasteiger partial charge in [-0.1, -0.05) is 13.3 Å². The van der Waals surface area contributed by atoms with Crippen LogP contribution in [0.4, 0.5) is 0 Å². The van der Waals surface area contributed by atoms with Gasteiger partial charge in [0.1, 0.15) is 0 Å². The number of rotatable bonds is 4. The molecular weight excluding hydrogens is 204 g/mol. The molecule has 0 aromatic carbocycles. The number of hydrogen-bond acceptors (Lipinski definition) is 3. The van der Waals surface area contributed by atoms with E-state index in [0.29, 0.717) is 13.2 Å². The van der Waals surface area contributed by atoms with E-state index in [1.807, 2.05) is 0 Å². The van der Waals surface area contributed by atoms with Gasteiger partial charge in [-0.25, -0.2) is 0 Å². The van der Waals surface area contributed by atoms with Crippen LogP contribution in [0.3, 0.4) is 0 Å². The van der Waals surface area contributed by atoms with E-state index in [4.69, 9.17) is 4.74 Å². The summed E-state index contributed by atoms with van der Waals surface area (Å²) in [4.78, 5) is 12.3. The summed E-state index contributed by atoms with van der Waals surface area (Å²) in [5, 5.41) is 6.47. The SMILES string of the molecule is CCCC1(C(=O)NC2COC2)CCCNC1. The average molecular weight is 226 g/mol. The van der Waals surface area contributed by atoms with E-state index in [9.17, 15) is 4.79 Å². The Hall–Kier alpha value is -0.610. The number of nitrogens with one attached hydrogen (secondary N) is 2. The highest BCUT2D eigenvalue weighted by molar-refractivity contribution is 5.83. The van der Waals surface area contributed by atoms with Gasteiger partial charge in [-0.05, 0) is 25.8 Å². The Balaban J connectivity index is 1.95. The predicted octanol–water partition coefficient (Wildman–Crippen LogP) is 0.671. The highest BCUT2D eigenvalue weighted by Crippen LogP contribution is 2.32. The van der Waals surface area contributed by atoms with Crippen LogP contribution in [0.2, 0.25) is 0 Å². The Labute approximate surface area is 97.1 Å². The zero-order chi connectivity index (χ0) is 11.4. The third-order valence-corrected chi connectivity index (χ3v) is 3.66. The molecule has 4 nitrogen and oxygen atoms in total. The Morgan fingerprint density at radius 1 is 1.56 bits per heavy atom. The van der Waals surface area contributed by atoms with Gasteiger partial charge in [0.25, 0.3) is 0 Å². The lowest BCUT2D eigenvalue weighted by molar-refractivity contribution is -0.136. The molecule has 2 N–H and O–H groups in total. The molecule has 0 saturated carbocycles. The van der Waals surface area contributed by atoms with Gasteiger partial charge in [0.05, 0.1) is 24.7 Å². The number of ether oxygens (including phenoxy) is 1. The first kappa shape index (κ1) is 11.9. The van der Waals surface area contributed by atoms with Crippen LogP contribution in [0, 0.1) is 5.41 Å². The van der Waals surface area contributed by atoms with E-state index in [0.717, 1.165) is 38.8 Å². The summed E-state index contributed by atoms with van der Waals surface area (Å²) in [5.74, 6) is 0.231. The fraction of sp³-hybridized carbons (Fsp3) is 0.917. The Bertz CT molecular complexity index is 240. The summed E-state index contributed by atoms with van der Waals surface area (Å²) in [6.07, 6.45) is 4.18. The van der Waals surface area contributed by atoms with Gasteiger partial charge in [-0.2, -0.15) is 0 Å². The van der Waals surface area contributed by atoms with Crippen LogP contribution >= 0.6 is 0 Å². The van der Waals surface area contributed by atoms with E-state index in [1.54, 1.807) is 0 Å². The second kappa shape index (κ2) is 5.15. The third kappa shape index (κ3) is 2.38. The van der Waals surface area contributed by atoms with Gasteiger partial charge in [-0.15, -0.1) is 0 Å². The molecule has 2 saturated heterocycles. The van der Waals surface area contributed by atoms with Crippen LogP contribution in [0.15, 0.2) is 0 Å². The molecule has 2 rings (SSSR count). The molecule has 2 aliphatic rings. The first-order chi connectivity index (χ1) is 7.77. The van der Waals surface area contributed by atoms with E-state index in [-0.39, 0.29) is 17.4 Å². The maximum absolute atomic E-state index is 12.3. The number of carbonyl (C=O) groups is 1. The molecule has 16 heavy (non-hydrogen) atoms. The molecule has 1 atom stereocenters. The van der Waals surface area contributed by atoms with E-state index in [2.05, 4.69) is 17.6 Å². The standard InChI is InChI=1S/C12H22N2O2/c1-2-4-12(5-3-6-13-9-12)11(15)14-10-7-16-8-10/h10,13H,2-9H2,1H3,(H,14,15).